The van der Waals surface area contributed by atoms with Crippen molar-refractivity contribution in [1.82, 2.24) is 9.80 Å². The van der Waals surface area contributed by atoms with Crippen LogP contribution in [0.4, 0.5) is 5.69 Å². The highest BCUT2D eigenvalue weighted by Crippen LogP contribution is 2.36. The minimum Gasteiger partial charge on any atom is -0.486 e. The van der Waals surface area contributed by atoms with Crippen LogP contribution in [0.1, 0.15) is 29.8 Å². The number of carbonyl (C=O) groups excluding carboxylic acids is 1. The summed E-state index contributed by atoms with van der Waals surface area (Å²) < 4.78 is 6.58. The maximum Gasteiger partial charge on any atom is 0.258 e. The Balaban J connectivity index is 1.92. The number of amides is 1. The Bertz CT molecular complexity index is 985. The molecular formula is C25H33Cl2N3O3. The van der Waals surface area contributed by atoms with Crippen molar-refractivity contribution in [3.8, 4) is 5.75 Å². The van der Waals surface area contributed by atoms with Gasteiger partial charge in [0, 0.05) is 39.6 Å². The highest BCUT2D eigenvalue weighted by Gasteiger charge is 2.34. The van der Waals surface area contributed by atoms with E-state index in [-0.39, 0.29) is 30.6 Å². The van der Waals surface area contributed by atoms with Gasteiger partial charge in [-0.05, 0) is 43.8 Å². The molecule has 3 rings (SSSR count). The molecule has 8 heteroatoms. The van der Waals surface area contributed by atoms with Gasteiger partial charge in [0.2, 0.25) is 0 Å². The summed E-state index contributed by atoms with van der Waals surface area (Å²) in [5.74, 6) is 0.509. The monoisotopic (exact) mass is 493 g/mol. The second-order valence-corrected chi connectivity index (χ2v) is 9.93. The van der Waals surface area contributed by atoms with Crippen molar-refractivity contribution < 1.29 is 14.6 Å². The molecule has 0 unspecified atom stereocenters. The number of fused-ring (bicyclic) bond motifs is 1. The molecule has 1 heterocycles. The van der Waals surface area contributed by atoms with Crippen LogP contribution in [-0.2, 0) is 6.54 Å². The zero-order valence-corrected chi connectivity index (χ0v) is 21.4. The minimum atomic E-state index is -0.288. The summed E-state index contributed by atoms with van der Waals surface area (Å²) in [4.78, 5) is 19.3. The number of ether oxygens (including phenoxy) is 1. The van der Waals surface area contributed by atoms with Crippen molar-refractivity contribution in [2.24, 2.45) is 5.92 Å². The van der Waals surface area contributed by atoms with Crippen LogP contribution >= 0.6 is 23.2 Å². The van der Waals surface area contributed by atoms with E-state index in [1.54, 1.807) is 17.0 Å². The number of likely N-dealkylation sites (N-methyl/N-ethyl adjacent to an activating group) is 1. The molecule has 0 bridgehead atoms. The van der Waals surface area contributed by atoms with E-state index in [4.69, 9.17) is 27.9 Å². The van der Waals surface area contributed by atoms with Crippen LogP contribution < -0.4 is 9.64 Å². The van der Waals surface area contributed by atoms with E-state index in [0.717, 1.165) is 11.3 Å². The molecule has 0 aliphatic carbocycles. The number of aliphatic hydroxyl groups excluding tert-OH is 1. The number of nitrogens with zero attached hydrogens (tertiary/aromatic N) is 3. The molecule has 1 amide bonds. The molecule has 0 aromatic heterocycles. The maximum atomic E-state index is 13.4. The molecule has 2 aromatic carbocycles. The first-order valence-corrected chi connectivity index (χ1v) is 11.9. The van der Waals surface area contributed by atoms with Crippen LogP contribution in [0.3, 0.4) is 0 Å². The number of carbonyl (C=O) groups is 1. The second-order valence-electron chi connectivity index (χ2n) is 9.12. The van der Waals surface area contributed by atoms with Gasteiger partial charge in [-0.3, -0.25) is 9.69 Å². The van der Waals surface area contributed by atoms with Gasteiger partial charge < -0.3 is 19.6 Å². The Kier molecular flexibility index (Phi) is 8.51. The van der Waals surface area contributed by atoms with E-state index in [9.17, 15) is 9.90 Å². The number of para-hydroxylation sites is 1. The molecule has 33 heavy (non-hydrogen) atoms. The molecule has 0 spiro atoms. The first-order chi connectivity index (χ1) is 15.6. The third-order valence-corrected chi connectivity index (χ3v) is 6.82. The van der Waals surface area contributed by atoms with Crippen LogP contribution in [0, 0.1) is 5.92 Å². The maximum absolute atomic E-state index is 13.4. The van der Waals surface area contributed by atoms with E-state index in [1.165, 1.54) is 0 Å². The van der Waals surface area contributed by atoms with Gasteiger partial charge in [0.05, 0.1) is 33.9 Å². The zero-order valence-electron chi connectivity index (χ0n) is 19.9. The van der Waals surface area contributed by atoms with E-state index < -0.39 is 0 Å². The van der Waals surface area contributed by atoms with Gasteiger partial charge in [0.15, 0.2) is 5.75 Å². The number of anilines is 1. The van der Waals surface area contributed by atoms with Gasteiger partial charge in [0.25, 0.3) is 5.91 Å². The topological polar surface area (TPSA) is 56.3 Å². The Morgan fingerprint density at radius 2 is 1.91 bits per heavy atom. The zero-order chi connectivity index (χ0) is 24.3. The van der Waals surface area contributed by atoms with Crippen molar-refractivity contribution in [2.75, 3.05) is 45.7 Å². The second kappa shape index (κ2) is 11.0. The molecule has 0 fully saturated rings. The highest BCUT2D eigenvalue weighted by atomic mass is 35.5. The van der Waals surface area contributed by atoms with E-state index in [2.05, 4.69) is 11.8 Å². The largest absolute Gasteiger partial charge is 0.486 e. The fraction of sp³-hybridized carbons (Fsp3) is 0.480. The Morgan fingerprint density at radius 1 is 1.18 bits per heavy atom. The highest BCUT2D eigenvalue weighted by molar-refractivity contribution is 6.42. The molecule has 1 aliphatic rings. The Morgan fingerprint density at radius 3 is 2.55 bits per heavy atom. The molecular weight excluding hydrogens is 461 g/mol. The predicted molar refractivity (Wildman–Crippen MR) is 135 cm³/mol. The lowest BCUT2D eigenvalue weighted by Gasteiger charge is -2.39. The molecule has 2 aromatic rings. The first kappa shape index (κ1) is 25.6. The molecule has 0 radical (unpaired) electrons. The van der Waals surface area contributed by atoms with Gasteiger partial charge in [-0.1, -0.05) is 42.3 Å². The molecule has 180 valence electrons. The summed E-state index contributed by atoms with van der Waals surface area (Å²) in [5, 5.41) is 10.9. The standard InChI is InChI=1S/C25H33Cl2N3O3/c1-16-12-30(17(2)15-31)25(32)19-7-6-8-22(28(3)4)24(19)33-23(16)14-29(5)13-18-9-10-20(26)21(27)11-18/h6-11,16-17,23,31H,12-15H2,1-5H3/t16-,17+,23+/m1/s1. The molecule has 3 atom stereocenters. The Hall–Kier alpha value is -1.99. The fourth-order valence-electron chi connectivity index (χ4n) is 4.12. The van der Waals surface area contributed by atoms with E-state index in [0.29, 0.717) is 41.0 Å². The third-order valence-electron chi connectivity index (χ3n) is 6.08. The summed E-state index contributed by atoms with van der Waals surface area (Å²) in [7, 11) is 5.91. The van der Waals surface area contributed by atoms with Gasteiger partial charge in [-0.2, -0.15) is 0 Å². The SMILES string of the molecule is C[C@@H]1CN([C@@H](C)CO)C(=O)c2cccc(N(C)C)c2O[C@H]1CN(C)Cc1ccc(Cl)c(Cl)c1. The molecule has 0 saturated carbocycles. The van der Waals surface area contributed by atoms with Crippen LogP contribution in [0.25, 0.3) is 0 Å². The number of hydrogen-bond acceptors (Lipinski definition) is 5. The van der Waals surface area contributed by atoms with E-state index in [1.807, 2.05) is 57.2 Å². The summed E-state index contributed by atoms with van der Waals surface area (Å²) in [5.41, 5.74) is 2.43. The normalized spacial score (nSPS) is 19.5. The number of hydrogen-bond donors (Lipinski definition) is 1. The molecule has 6 nitrogen and oxygen atoms in total. The Labute approximate surface area is 206 Å². The lowest BCUT2D eigenvalue weighted by molar-refractivity contribution is 0.0343. The fourth-order valence-corrected chi connectivity index (χ4v) is 4.44. The van der Waals surface area contributed by atoms with E-state index >= 15 is 0 Å². The molecule has 0 saturated heterocycles. The molecule has 1 aliphatic heterocycles. The summed E-state index contributed by atoms with van der Waals surface area (Å²) in [6.45, 7) is 5.69. The predicted octanol–water partition coefficient (Wildman–Crippen LogP) is 4.41. The third kappa shape index (κ3) is 5.93. The number of benzene rings is 2. The van der Waals surface area contributed by atoms with Gasteiger partial charge in [0.1, 0.15) is 6.10 Å². The lowest BCUT2D eigenvalue weighted by Crippen LogP contribution is -2.49. The number of aliphatic hydroxyl groups is 1. The smallest absolute Gasteiger partial charge is 0.258 e. The number of halogens is 2. The summed E-state index contributed by atoms with van der Waals surface area (Å²) in [6.07, 6.45) is -0.167. The van der Waals surface area contributed by atoms with Gasteiger partial charge in [-0.15, -0.1) is 0 Å². The summed E-state index contributed by atoms with van der Waals surface area (Å²) in [6, 6.07) is 11.0. The van der Waals surface area contributed by atoms with Crippen molar-refractivity contribution in [2.45, 2.75) is 32.5 Å². The average molecular weight is 494 g/mol. The number of rotatable bonds is 7. The van der Waals surface area contributed by atoms with Crippen molar-refractivity contribution in [3.63, 3.8) is 0 Å². The van der Waals surface area contributed by atoms with Crippen LogP contribution in [0.2, 0.25) is 10.0 Å². The van der Waals surface area contributed by atoms with Crippen LogP contribution in [0.15, 0.2) is 36.4 Å². The first-order valence-electron chi connectivity index (χ1n) is 11.1. The van der Waals surface area contributed by atoms with Crippen LogP contribution in [-0.4, -0.2) is 73.8 Å². The van der Waals surface area contributed by atoms with Crippen molar-refractivity contribution >= 4 is 34.8 Å². The lowest BCUT2D eigenvalue weighted by atomic mass is 9.98. The molecule has 1 N–H and O–H groups in total. The average Bonchev–Trinajstić information content (AvgIpc) is 2.77. The summed E-state index contributed by atoms with van der Waals surface area (Å²) >= 11 is 12.2. The van der Waals surface area contributed by atoms with Gasteiger partial charge in [-0.25, -0.2) is 0 Å². The van der Waals surface area contributed by atoms with Crippen LogP contribution in [0.5, 0.6) is 5.75 Å². The van der Waals surface area contributed by atoms with Crippen molar-refractivity contribution in [3.05, 3.63) is 57.6 Å². The quantitative estimate of drug-likeness (QED) is 0.618. The van der Waals surface area contributed by atoms with Crippen molar-refractivity contribution in [1.29, 1.82) is 0 Å². The van der Waals surface area contributed by atoms with Gasteiger partial charge >= 0.3 is 0 Å². The minimum absolute atomic E-state index is 0.0441.